The van der Waals surface area contributed by atoms with Crippen LogP contribution < -0.4 is 4.90 Å². The third kappa shape index (κ3) is 2.99. The lowest BCUT2D eigenvalue weighted by Gasteiger charge is -2.37. The second-order valence-electron chi connectivity index (χ2n) is 6.52. The van der Waals surface area contributed by atoms with Crippen molar-refractivity contribution < 1.29 is 0 Å². The van der Waals surface area contributed by atoms with Crippen molar-refractivity contribution in [2.45, 2.75) is 25.4 Å². The zero-order chi connectivity index (χ0) is 16.4. The molecule has 0 aliphatic carbocycles. The molecule has 5 nitrogen and oxygen atoms in total. The number of pyridine rings is 2. The third-order valence-electron chi connectivity index (χ3n) is 5.03. The van der Waals surface area contributed by atoms with E-state index in [1.54, 1.807) is 0 Å². The molecule has 0 spiro atoms. The fraction of sp³-hybridized carbons (Fsp3) is 0.368. The molecular formula is C19H23N5. The van der Waals surface area contributed by atoms with E-state index >= 15 is 0 Å². The zero-order valence-electron chi connectivity index (χ0n) is 14.0. The molecule has 0 bridgehead atoms. The van der Waals surface area contributed by atoms with Crippen LogP contribution in [0.3, 0.4) is 0 Å². The van der Waals surface area contributed by atoms with Crippen molar-refractivity contribution in [2.24, 2.45) is 0 Å². The van der Waals surface area contributed by atoms with Crippen molar-refractivity contribution in [3.63, 3.8) is 0 Å². The average Bonchev–Trinajstić information content (AvgIpc) is 3.12. The average molecular weight is 321 g/mol. The second-order valence-corrected chi connectivity index (χ2v) is 6.52. The Hall–Kier alpha value is -2.40. The van der Waals surface area contributed by atoms with E-state index in [0.29, 0.717) is 6.04 Å². The monoisotopic (exact) mass is 321 g/mol. The van der Waals surface area contributed by atoms with Gasteiger partial charge in [0, 0.05) is 50.0 Å². The summed E-state index contributed by atoms with van der Waals surface area (Å²) in [7, 11) is 2.23. The molecule has 1 aliphatic heterocycles. The predicted molar refractivity (Wildman–Crippen MR) is 96.1 cm³/mol. The Morgan fingerprint density at radius 3 is 2.62 bits per heavy atom. The van der Waals surface area contributed by atoms with Crippen LogP contribution in [0.15, 0.2) is 55.0 Å². The molecule has 0 N–H and O–H groups in total. The van der Waals surface area contributed by atoms with Crippen LogP contribution in [0.2, 0.25) is 0 Å². The first-order valence-electron chi connectivity index (χ1n) is 8.58. The van der Waals surface area contributed by atoms with Crippen LogP contribution in [-0.2, 0) is 6.54 Å². The molecule has 0 atom stereocenters. The van der Waals surface area contributed by atoms with Crippen LogP contribution >= 0.6 is 0 Å². The number of hydrogen-bond donors (Lipinski definition) is 0. The van der Waals surface area contributed by atoms with Crippen LogP contribution in [0.5, 0.6) is 0 Å². The highest BCUT2D eigenvalue weighted by Crippen LogP contribution is 2.22. The molecule has 1 saturated heterocycles. The first kappa shape index (κ1) is 15.1. The first-order chi connectivity index (χ1) is 11.8. The highest BCUT2D eigenvalue weighted by Gasteiger charge is 2.23. The predicted octanol–water partition coefficient (Wildman–Crippen LogP) is 2.83. The van der Waals surface area contributed by atoms with E-state index in [0.717, 1.165) is 25.2 Å². The van der Waals surface area contributed by atoms with Crippen LogP contribution in [0.25, 0.3) is 5.52 Å². The first-order valence-corrected chi connectivity index (χ1v) is 8.58. The van der Waals surface area contributed by atoms with Gasteiger partial charge in [-0.15, -0.1) is 0 Å². The molecule has 0 amide bonds. The SMILES string of the molecule is CN(Cc1cccc2ccnn12)C1CCN(c2ccncc2)CC1. The molecule has 0 saturated carbocycles. The van der Waals surface area contributed by atoms with Gasteiger partial charge in [-0.1, -0.05) is 6.07 Å². The summed E-state index contributed by atoms with van der Waals surface area (Å²) < 4.78 is 2.04. The Kier molecular flexibility index (Phi) is 4.17. The lowest BCUT2D eigenvalue weighted by molar-refractivity contribution is 0.197. The number of piperidine rings is 1. The van der Waals surface area contributed by atoms with Gasteiger partial charge in [0.2, 0.25) is 0 Å². The van der Waals surface area contributed by atoms with Crippen molar-refractivity contribution in [1.82, 2.24) is 19.5 Å². The summed E-state index contributed by atoms with van der Waals surface area (Å²) in [4.78, 5) is 9.04. The molecule has 1 aliphatic rings. The van der Waals surface area contributed by atoms with Crippen molar-refractivity contribution in [1.29, 1.82) is 0 Å². The maximum absolute atomic E-state index is 4.44. The lowest BCUT2D eigenvalue weighted by atomic mass is 10.0. The van der Waals surface area contributed by atoms with Crippen LogP contribution in [0.1, 0.15) is 18.5 Å². The maximum Gasteiger partial charge on any atom is 0.0665 e. The number of hydrogen-bond acceptors (Lipinski definition) is 4. The fourth-order valence-electron chi connectivity index (χ4n) is 3.63. The second kappa shape index (κ2) is 6.61. The van der Waals surface area contributed by atoms with Gasteiger partial charge in [0.25, 0.3) is 0 Å². The largest absolute Gasteiger partial charge is 0.371 e. The summed E-state index contributed by atoms with van der Waals surface area (Å²) in [6.45, 7) is 3.13. The topological polar surface area (TPSA) is 36.7 Å². The van der Waals surface area contributed by atoms with Crippen LogP contribution in [-0.4, -0.2) is 45.7 Å². The third-order valence-corrected chi connectivity index (χ3v) is 5.03. The van der Waals surface area contributed by atoms with Gasteiger partial charge in [0.15, 0.2) is 0 Å². The lowest BCUT2D eigenvalue weighted by Crippen LogP contribution is -2.43. The quantitative estimate of drug-likeness (QED) is 0.740. The smallest absolute Gasteiger partial charge is 0.0665 e. The Bertz CT molecular complexity index is 790. The van der Waals surface area contributed by atoms with Gasteiger partial charge in [-0.25, -0.2) is 4.52 Å². The van der Waals surface area contributed by atoms with Crippen LogP contribution in [0.4, 0.5) is 5.69 Å². The summed E-state index contributed by atoms with van der Waals surface area (Å²) in [6.07, 6.45) is 7.99. The van der Waals surface area contributed by atoms with E-state index < -0.39 is 0 Å². The summed E-state index contributed by atoms with van der Waals surface area (Å²) in [5, 5.41) is 4.44. The molecular weight excluding hydrogens is 298 g/mol. The summed E-state index contributed by atoms with van der Waals surface area (Å²) in [5.74, 6) is 0. The number of aromatic nitrogens is 3. The van der Waals surface area contributed by atoms with E-state index in [9.17, 15) is 0 Å². The Balaban J connectivity index is 1.40. The van der Waals surface area contributed by atoms with Gasteiger partial charge in [0.1, 0.15) is 0 Å². The molecule has 0 radical (unpaired) electrons. The minimum absolute atomic E-state index is 0.619. The highest BCUT2D eigenvalue weighted by molar-refractivity contribution is 5.46. The molecule has 4 rings (SSSR count). The molecule has 3 aromatic heterocycles. The summed E-state index contributed by atoms with van der Waals surface area (Å²) >= 11 is 0. The summed E-state index contributed by atoms with van der Waals surface area (Å²) in [6, 6.07) is 13.3. The fourth-order valence-corrected chi connectivity index (χ4v) is 3.63. The standard InChI is InChI=1S/C19H23N5/c1-22(15-19-4-2-3-18-7-12-21-24(18)19)16-8-13-23(14-9-16)17-5-10-20-11-6-17/h2-7,10-12,16H,8-9,13-15H2,1H3. The van der Waals surface area contributed by atoms with Crippen molar-refractivity contribution in [2.75, 3.05) is 25.0 Å². The number of nitrogens with zero attached hydrogens (tertiary/aromatic N) is 5. The number of fused-ring (bicyclic) bond motifs is 1. The van der Waals surface area contributed by atoms with Gasteiger partial charge < -0.3 is 4.90 Å². The highest BCUT2D eigenvalue weighted by atomic mass is 15.3. The van der Waals surface area contributed by atoms with E-state index in [-0.39, 0.29) is 0 Å². The Labute approximate surface area is 142 Å². The number of anilines is 1. The van der Waals surface area contributed by atoms with Gasteiger partial charge in [-0.2, -0.15) is 5.10 Å². The minimum atomic E-state index is 0.619. The molecule has 124 valence electrons. The molecule has 0 unspecified atom stereocenters. The van der Waals surface area contributed by atoms with E-state index in [1.165, 1.54) is 24.2 Å². The Morgan fingerprint density at radius 2 is 1.83 bits per heavy atom. The summed E-state index contributed by atoms with van der Waals surface area (Å²) in [5.41, 5.74) is 3.69. The van der Waals surface area contributed by atoms with Crippen molar-refractivity contribution in [3.05, 3.63) is 60.7 Å². The van der Waals surface area contributed by atoms with E-state index in [2.05, 4.69) is 63.3 Å². The Morgan fingerprint density at radius 1 is 1.04 bits per heavy atom. The van der Waals surface area contributed by atoms with Crippen molar-refractivity contribution in [3.8, 4) is 0 Å². The van der Waals surface area contributed by atoms with E-state index in [4.69, 9.17) is 0 Å². The molecule has 3 aromatic rings. The maximum atomic E-state index is 4.44. The van der Waals surface area contributed by atoms with Gasteiger partial charge in [-0.3, -0.25) is 9.88 Å². The normalized spacial score (nSPS) is 16.2. The van der Waals surface area contributed by atoms with E-state index in [1.807, 2.05) is 23.1 Å². The number of rotatable bonds is 4. The van der Waals surface area contributed by atoms with Gasteiger partial charge >= 0.3 is 0 Å². The molecule has 4 heterocycles. The zero-order valence-corrected chi connectivity index (χ0v) is 14.0. The molecule has 0 aromatic carbocycles. The minimum Gasteiger partial charge on any atom is -0.371 e. The van der Waals surface area contributed by atoms with Crippen molar-refractivity contribution >= 4 is 11.2 Å². The van der Waals surface area contributed by atoms with Crippen LogP contribution in [0, 0.1) is 0 Å². The van der Waals surface area contributed by atoms with Gasteiger partial charge in [0.05, 0.1) is 11.2 Å². The van der Waals surface area contributed by atoms with Gasteiger partial charge in [-0.05, 0) is 50.2 Å². The molecule has 24 heavy (non-hydrogen) atoms. The molecule has 5 heteroatoms. The molecule has 1 fully saturated rings.